The van der Waals surface area contributed by atoms with Crippen LogP contribution < -0.4 is 9.04 Å². The van der Waals surface area contributed by atoms with E-state index in [0.29, 0.717) is 16.3 Å². The van der Waals surface area contributed by atoms with Gasteiger partial charge in [0.25, 0.3) is 10.0 Å². The van der Waals surface area contributed by atoms with Crippen LogP contribution in [0.3, 0.4) is 0 Å². The van der Waals surface area contributed by atoms with Crippen molar-refractivity contribution in [2.24, 2.45) is 0 Å². The minimum atomic E-state index is -3.69. The maximum Gasteiger partial charge on any atom is 0.264 e. The van der Waals surface area contributed by atoms with Gasteiger partial charge in [-0.15, -0.1) is 0 Å². The predicted octanol–water partition coefficient (Wildman–Crippen LogP) is 4.82. The molecule has 1 aliphatic rings. The summed E-state index contributed by atoms with van der Waals surface area (Å²) in [6.45, 7) is 4.37. The van der Waals surface area contributed by atoms with E-state index in [1.54, 1.807) is 41.7 Å². The molecule has 0 bridgehead atoms. The van der Waals surface area contributed by atoms with E-state index < -0.39 is 10.0 Å². The lowest BCUT2D eigenvalue weighted by Gasteiger charge is -2.39. The SMILES string of the molecule is CCc1ccc(N(C2CCN(Cc3ccc(O)c(OC)c3)CC2)S(=O)(=O)c2ccccc2)cc1. The molecular weight excluding hydrogens is 448 g/mol. The average Bonchev–Trinajstić information content (AvgIpc) is 2.87. The third-order valence-corrected chi connectivity index (χ3v) is 8.33. The summed E-state index contributed by atoms with van der Waals surface area (Å²) in [5.74, 6) is 0.587. The summed E-state index contributed by atoms with van der Waals surface area (Å²) in [7, 11) is -2.15. The summed E-state index contributed by atoms with van der Waals surface area (Å²) in [4.78, 5) is 2.63. The summed E-state index contributed by atoms with van der Waals surface area (Å²) >= 11 is 0. The second-order valence-electron chi connectivity index (χ2n) is 8.65. The van der Waals surface area contributed by atoms with Crippen LogP contribution in [-0.4, -0.2) is 44.7 Å². The molecule has 0 unspecified atom stereocenters. The highest BCUT2D eigenvalue weighted by molar-refractivity contribution is 7.92. The minimum absolute atomic E-state index is 0.122. The largest absolute Gasteiger partial charge is 0.504 e. The van der Waals surface area contributed by atoms with Crippen LogP contribution in [0.4, 0.5) is 5.69 Å². The average molecular weight is 481 g/mol. The first-order valence-electron chi connectivity index (χ1n) is 11.7. The molecule has 1 aliphatic heterocycles. The van der Waals surface area contributed by atoms with Crippen molar-refractivity contribution >= 4 is 15.7 Å². The summed E-state index contributed by atoms with van der Waals surface area (Å²) in [6, 6.07) is 21.8. The van der Waals surface area contributed by atoms with Crippen molar-refractivity contribution in [1.82, 2.24) is 4.90 Å². The molecule has 0 aromatic heterocycles. The van der Waals surface area contributed by atoms with Crippen molar-refractivity contribution in [2.75, 3.05) is 24.5 Å². The zero-order valence-electron chi connectivity index (χ0n) is 19.7. The number of rotatable bonds is 8. The van der Waals surface area contributed by atoms with E-state index in [4.69, 9.17) is 4.74 Å². The molecule has 180 valence electrons. The maximum absolute atomic E-state index is 13.7. The highest BCUT2D eigenvalue weighted by Crippen LogP contribution is 2.32. The highest BCUT2D eigenvalue weighted by atomic mass is 32.2. The Kier molecular flexibility index (Phi) is 7.44. The number of phenolic OH excluding ortho intramolecular Hbond substituents is 1. The molecule has 1 N–H and O–H groups in total. The smallest absolute Gasteiger partial charge is 0.264 e. The molecule has 1 saturated heterocycles. The molecule has 0 spiro atoms. The molecule has 0 saturated carbocycles. The van der Waals surface area contributed by atoms with Crippen LogP contribution >= 0.6 is 0 Å². The summed E-state index contributed by atoms with van der Waals surface area (Å²) < 4.78 is 34.3. The Morgan fingerprint density at radius 1 is 0.971 bits per heavy atom. The number of hydrogen-bond acceptors (Lipinski definition) is 5. The van der Waals surface area contributed by atoms with Crippen molar-refractivity contribution in [3.63, 3.8) is 0 Å². The lowest BCUT2D eigenvalue weighted by molar-refractivity contribution is 0.206. The molecule has 34 heavy (non-hydrogen) atoms. The van der Waals surface area contributed by atoms with E-state index in [1.165, 1.54) is 5.56 Å². The molecule has 6 nitrogen and oxygen atoms in total. The van der Waals surface area contributed by atoms with E-state index in [1.807, 2.05) is 42.5 Å². The van der Waals surface area contributed by atoms with Crippen LogP contribution in [0.2, 0.25) is 0 Å². The van der Waals surface area contributed by atoms with Gasteiger partial charge in [0.15, 0.2) is 11.5 Å². The van der Waals surface area contributed by atoms with E-state index >= 15 is 0 Å². The number of benzene rings is 3. The quantitative estimate of drug-likeness (QED) is 0.500. The van der Waals surface area contributed by atoms with E-state index in [2.05, 4.69) is 11.8 Å². The number of methoxy groups -OCH3 is 1. The Balaban J connectivity index is 1.55. The van der Waals surface area contributed by atoms with Gasteiger partial charge in [-0.05, 0) is 66.8 Å². The number of nitrogens with zero attached hydrogens (tertiary/aromatic N) is 2. The van der Waals surface area contributed by atoms with Crippen molar-refractivity contribution in [3.8, 4) is 11.5 Å². The van der Waals surface area contributed by atoms with Crippen molar-refractivity contribution < 1.29 is 18.3 Å². The minimum Gasteiger partial charge on any atom is -0.504 e. The number of piperidine rings is 1. The number of aromatic hydroxyl groups is 1. The fraction of sp³-hybridized carbons (Fsp3) is 0.333. The van der Waals surface area contributed by atoms with Gasteiger partial charge in [0.1, 0.15) is 0 Å². The number of hydrogen-bond donors (Lipinski definition) is 1. The number of anilines is 1. The Hall–Kier alpha value is -3.03. The monoisotopic (exact) mass is 480 g/mol. The zero-order chi connectivity index (χ0) is 24.1. The van der Waals surface area contributed by atoms with Crippen LogP contribution in [-0.2, 0) is 23.0 Å². The lowest BCUT2D eigenvalue weighted by Crippen LogP contribution is -2.47. The molecule has 0 amide bonds. The van der Waals surface area contributed by atoms with Gasteiger partial charge in [0, 0.05) is 25.7 Å². The summed E-state index contributed by atoms with van der Waals surface area (Å²) in [5, 5.41) is 9.85. The fourth-order valence-electron chi connectivity index (χ4n) is 4.52. The normalized spacial score (nSPS) is 15.2. The predicted molar refractivity (Wildman–Crippen MR) is 135 cm³/mol. The van der Waals surface area contributed by atoms with Crippen molar-refractivity contribution in [3.05, 3.63) is 83.9 Å². The van der Waals surface area contributed by atoms with Crippen LogP contribution in [0.5, 0.6) is 11.5 Å². The molecule has 7 heteroatoms. The number of likely N-dealkylation sites (tertiary alicyclic amines) is 1. The van der Waals surface area contributed by atoms with Crippen molar-refractivity contribution in [2.45, 2.75) is 43.7 Å². The third kappa shape index (κ3) is 5.21. The topological polar surface area (TPSA) is 70.1 Å². The number of aryl methyl sites for hydroxylation is 1. The van der Waals surface area contributed by atoms with Gasteiger partial charge in [-0.2, -0.15) is 0 Å². The van der Waals surface area contributed by atoms with Gasteiger partial charge in [0.2, 0.25) is 0 Å². The van der Waals surface area contributed by atoms with E-state index in [9.17, 15) is 13.5 Å². The molecule has 1 fully saturated rings. The van der Waals surface area contributed by atoms with Gasteiger partial charge in [0.05, 0.1) is 17.7 Å². The van der Waals surface area contributed by atoms with Gasteiger partial charge in [-0.1, -0.05) is 43.3 Å². The maximum atomic E-state index is 13.7. The van der Waals surface area contributed by atoms with Crippen molar-refractivity contribution in [1.29, 1.82) is 0 Å². The molecule has 0 aliphatic carbocycles. The standard InChI is InChI=1S/C27H32N2O4S/c1-3-21-9-12-23(13-10-21)29(34(31,32)25-7-5-4-6-8-25)24-15-17-28(18-16-24)20-22-11-14-26(30)27(19-22)33-2/h4-14,19,24,30H,3,15-18,20H2,1-2H3. The molecule has 0 atom stereocenters. The molecule has 1 heterocycles. The second-order valence-corrected chi connectivity index (χ2v) is 10.5. The van der Waals surface area contributed by atoms with Crippen LogP contribution in [0, 0.1) is 0 Å². The fourth-order valence-corrected chi connectivity index (χ4v) is 6.25. The number of sulfonamides is 1. The highest BCUT2D eigenvalue weighted by Gasteiger charge is 2.34. The Morgan fingerprint density at radius 3 is 2.24 bits per heavy atom. The Labute approximate surface area is 202 Å². The van der Waals surface area contributed by atoms with Gasteiger partial charge in [-0.3, -0.25) is 9.21 Å². The molecule has 3 aromatic rings. The second kappa shape index (κ2) is 10.5. The number of ether oxygens (including phenoxy) is 1. The Morgan fingerprint density at radius 2 is 1.62 bits per heavy atom. The van der Waals surface area contributed by atoms with Gasteiger partial charge >= 0.3 is 0 Å². The first-order chi connectivity index (χ1) is 16.4. The molecule has 3 aromatic carbocycles. The first kappa shape index (κ1) is 24.1. The summed E-state index contributed by atoms with van der Waals surface area (Å²) in [6.07, 6.45) is 2.37. The van der Waals surface area contributed by atoms with E-state index in [0.717, 1.165) is 44.5 Å². The first-order valence-corrected chi connectivity index (χ1v) is 13.1. The molecule has 4 rings (SSSR count). The lowest BCUT2D eigenvalue weighted by atomic mass is 10.0. The third-order valence-electron chi connectivity index (χ3n) is 6.44. The van der Waals surface area contributed by atoms with Crippen LogP contribution in [0.1, 0.15) is 30.9 Å². The van der Waals surface area contributed by atoms with Crippen LogP contribution in [0.15, 0.2) is 77.7 Å². The number of phenols is 1. The van der Waals surface area contributed by atoms with E-state index in [-0.39, 0.29) is 11.8 Å². The summed E-state index contributed by atoms with van der Waals surface area (Å²) in [5.41, 5.74) is 2.94. The molecule has 0 radical (unpaired) electrons. The van der Waals surface area contributed by atoms with Crippen LogP contribution in [0.25, 0.3) is 0 Å². The van der Waals surface area contributed by atoms with Gasteiger partial charge in [-0.25, -0.2) is 8.42 Å². The molecular formula is C27H32N2O4S. The van der Waals surface area contributed by atoms with Gasteiger partial charge < -0.3 is 9.84 Å². The zero-order valence-corrected chi connectivity index (χ0v) is 20.5. The Bertz CT molecular complexity index is 1190.